The molecule has 3 aromatic rings. The molecule has 0 aliphatic heterocycles. The van der Waals surface area contributed by atoms with Crippen LogP contribution in [0.3, 0.4) is 0 Å². The SMILES string of the molecule is C[C@H](Sc1nc(C(F)(F)F)nc2ccccc12)C(=O)NCc1ccc(F)cc1. The number of hydrogen-bond acceptors (Lipinski definition) is 4. The van der Waals surface area contributed by atoms with Crippen LogP contribution in [0, 0.1) is 5.82 Å². The number of halogens is 4. The minimum atomic E-state index is -4.69. The normalized spacial score (nSPS) is 12.8. The Labute approximate surface area is 162 Å². The number of benzene rings is 2. The zero-order valence-corrected chi connectivity index (χ0v) is 15.4. The second-order valence-corrected chi connectivity index (χ2v) is 7.30. The third kappa shape index (κ3) is 4.78. The Morgan fingerprint density at radius 2 is 1.79 bits per heavy atom. The molecule has 4 nitrogen and oxygen atoms in total. The Balaban J connectivity index is 1.77. The number of carbonyl (C=O) groups is 1. The summed E-state index contributed by atoms with van der Waals surface area (Å²) in [5.74, 6) is -1.99. The molecule has 0 unspecified atom stereocenters. The fourth-order valence-corrected chi connectivity index (χ4v) is 3.38. The third-order valence-electron chi connectivity index (χ3n) is 3.86. The van der Waals surface area contributed by atoms with Crippen LogP contribution < -0.4 is 5.32 Å². The number of fused-ring (bicyclic) bond motifs is 1. The largest absolute Gasteiger partial charge is 0.451 e. The molecule has 1 heterocycles. The number of para-hydroxylation sites is 1. The van der Waals surface area contributed by atoms with Crippen molar-refractivity contribution in [1.82, 2.24) is 15.3 Å². The van der Waals surface area contributed by atoms with Crippen molar-refractivity contribution in [2.75, 3.05) is 0 Å². The van der Waals surface area contributed by atoms with Crippen LogP contribution in [0.2, 0.25) is 0 Å². The van der Waals surface area contributed by atoms with Crippen LogP contribution in [0.15, 0.2) is 53.6 Å². The lowest BCUT2D eigenvalue weighted by atomic mass is 10.2. The number of carbonyl (C=O) groups excluding carboxylic acids is 1. The predicted octanol–water partition coefficient (Wildman–Crippen LogP) is 4.58. The first-order chi connectivity index (χ1) is 13.2. The molecule has 1 amide bonds. The highest BCUT2D eigenvalue weighted by atomic mass is 32.2. The number of hydrogen-bond donors (Lipinski definition) is 1. The molecular formula is C19H15F4N3OS. The summed E-state index contributed by atoms with van der Waals surface area (Å²) in [6.07, 6.45) is -4.69. The van der Waals surface area contributed by atoms with Gasteiger partial charge in [-0.25, -0.2) is 14.4 Å². The van der Waals surface area contributed by atoms with Crippen LogP contribution >= 0.6 is 11.8 Å². The molecule has 0 fully saturated rings. The van der Waals surface area contributed by atoms with Gasteiger partial charge in [0.15, 0.2) is 0 Å². The average molecular weight is 409 g/mol. The van der Waals surface area contributed by atoms with Gasteiger partial charge in [-0.1, -0.05) is 42.1 Å². The van der Waals surface area contributed by atoms with Gasteiger partial charge in [-0.15, -0.1) is 0 Å². The number of alkyl halides is 3. The maximum atomic E-state index is 13.1. The fraction of sp³-hybridized carbons (Fsp3) is 0.211. The van der Waals surface area contributed by atoms with E-state index < -0.39 is 17.3 Å². The van der Waals surface area contributed by atoms with Crippen molar-refractivity contribution in [3.05, 3.63) is 65.7 Å². The molecule has 1 atom stereocenters. The summed E-state index contributed by atoms with van der Waals surface area (Å²) in [6.45, 7) is 1.76. The van der Waals surface area contributed by atoms with Gasteiger partial charge >= 0.3 is 6.18 Å². The molecule has 0 spiro atoms. The highest BCUT2D eigenvalue weighted by molar-refractivity contribution is 8.00. The fourth-order valence-electron chi connectivity index (χ4n) is 2.42. The summed E-state index contributed by atoms with van der Waals surface area (Å²) in [7, 11) is 0. The highest BCUT2D eigenvalue weighted by Gasteiger charge is 2.35. The summed E-state index contributed by atoms with van der Waals surface area (Å²) < 4.78 is 52.2. The lowest BCUT2D eigenvalue weighted by Gasteiger charge is -2.14. The van der Waals surface area contributed by atoms with Crippen LogP contribution in [-0.4, -0.2) is 21.1 Å². The Bertz CT molecular complexity index is 993. The van der Waals surface area contributed by atoms with Crippen LogP contribution in [0.1, 0.15) is 18.3 Å². The quantitative estimate of drug-likeness (QED) is 0.381. The number of nitrogens with one attached hydrogen (secondary N) is 1. The van der Waals surface area contributed by atoms with Crippen LogP contribution in [0.4, 0.5) is 17.6 Å². The number of thioether (sulfide) groups is 1. The zero-order valence-electron chi connectivity index (χ0n) is 14.6. The van der Waals surface area contributed by atoms with Crippen molar-refractivity contribution < 1.29 is 22.4 Å². The van der Waals surface area contributed by atoms with Gasteiger partial charge in [0, 0.05) is 11.9 Å². The van der Waals surface area contributed by atoms with Crippen LogP contribution in [0.25, 0.3) is 10.9 Å². The Kier molecular flexibility index (Phi) is 5.83. The van der Waals surface area contributed by atoms with E-state index in [1.54, 1.807) is 37.3 Å². The van der Waals surface area contributed by atoms with E-state index in [0.717, 1.165) is 11.8 Å². The molecule has 1 N–H and O–H groups in total. The standard InChI is InChI=1S/C19H15F4N3OS/c1-11(16(27)24-10-12-6-8-13(20)9-7-12)28-17-14-4-2-3-5-15(14)25-18(26-17)19(21,22)23/h2-9,11H,10H2,1H3,(H,24,27)/t11-/m0/s1. The van der Waals surface area contributed by atoms with Crippen molar-refractivity contribution in [2.45, 2.75) is 29.9 Å². The summed E-state index contributed by atoms with van der Waals surface area (Å²) in [6, 6.07) is 12.0. The molecule has 0 aliphatic carbocycles. The first kappa shape index (κ1) is 20.1. The Morgan fingerprint density at radius 3 is 2.46 bits per heavy atom. The van der Waals surface area contributed by atoms with Gasteiger partial charge < -0.3 is 5.32 Å². The van der Waals surface area contributed by atoms with E-state index in [1.807, 2.05) is 0 Å². The van der Waals surface area contributed by atoms with Crippen molar-refractivity contribution >= 4 is 28.6 Å². The molecule has 146 valence electrons. The molecule has 0 radical (unpaired) electrons. The maximum Gasteiger partial charge on any atom is 0.451 e. The van der Waals surface area contributed by atoms with Crippen molar-refractivity contribution in [2.24, 2.45) is 0 Å². The summed E-state index contributed by atoms with van der Waals surface area (Å²) in [5.41, 5.74) is 0.866. The first-order valence-corrected chi connectivity index (χ1v) is 9.15. The van der Waals surface area contributed by atoms with Crippen LogP contribution in [-0.2, 0) is 17.5 Å². The lowest BCUT2D eigenvalue weighted by molar-refractivity contribution is -0.145. The van der Waals surface area contributed by atoms with E-state index in [0.29, 0.717) is 10.9 Å². The van der Waals surface area contributed by atoms with E-state index in [2.05, 4.69) is 15.3 Å². The summed E-state index contributed by atoms with van der Waals surface area (Å²) in [4.78, 5) is 19.5. The molecule has 9 heteroatoms. The van der Waals surface area contributed by atoms with Gasteiger partial charge in [0.05, 0.1) is 10.8 Å². The van der Waals surface area contributed by atoms with Gasteiger partial charge in [0.25, 0.3) is 0 Å². The number of rotatable bonds is 5. The van der Waals surface area contributed by atoms with Crippen molar-refractivity contribution in [3.8, 4) is 0 Å². The molecule has 0 bridgehead atoms. The van der Waals surface area contributed by atoms with E-state index in [1.165, 1.54) is 18.2 Å². The average Bonchev–Trinajstić information content (AvgIpc) is 2.66. The highest BCUT2D eigenvalue weighted by Crippen LogP contribution is 2.33. The molecule has 0 saturated carbocycles. The van der Waals surface area contributed by atoms with Gasteiger partial charge in [-0.05, 0) is 30.7 Å². The molecular weight excluding hydrogens is 394 g/mol. The monoisotopic (exact) mass is 409 g/mol. The molecule has 1 aromatic heterocycles. The minimum Gasteiger partial charge on any atom is -0.351 e. The summed E-state index contributed by atoms with van der Waals surface area (Å²) in [5, 5.41) is 2.52. The number of nitrogens with zero attached hydrogens (tertiary/aromatic N) is 2. The van der Waals surface area contributed by atoms with Crippen molar-refractivity contribution in [1.29, 1.82) is 0 Å². The Morgan fingerprint density at radius 1 is 1.11 bits per heavy atom. The first-order valence-electron chi connectivity index (χ1n) is 8.27. The smallest absolute Gasteiger partial charge is 0.351 e. The van der Waals surface area contributed by atoms with E-state index >= 15 is 0 Å². The molecule has 3 rings (SSSR count). The maximum absolute atomic E-state index is 13.1. The molecule has 2 aromatic carbocycles. The topological polar surface area (TPSA) is 54.9 Å². The molecule has 0 aliphatic rings. The van der Waals surface area contributed by atoms with Crippen molar-refractivity contribution in [3.63, 3.8) is 0 Å². The molecule has 28 heavy (non-hydrogen) atoms. The second kappa shape index (κ2) is 8.14. The summed E-state index contributed by atoms with van der Waals surface area (Å²) >= 11 is 0.926. The van der Waals surface area contributed by atoms with Gasteiger partial charge in [-0.2, -0.15) is 13.2 Å². The Hall–Kier alpha value is -2.68. The van der Waals surface area contributed by atoms with E-state index in [9.17, 15) is 22.4 Å². The number of aromatic nitrogens is 2. The zero-order chi connectivity index (χ0) is 20.3. The lowest BCUT2D eigenvalue weighted by Crippen LogP contribution is -2.30. The van der Waals surface area contributed by atoms with Gasteiger partial charge in [0.1, 0.15) is 10.8 Å². The van der Waals surface area contributed by atoms with Gasteiger partial charge in [-0.3, -0.25) is 4.79 Å². The van der Waals surface area contributed by atoms with E-state index in [4.69, 9.17) is 0 Å². The predicted molar refractivity (Wildman–Crippen MR) is 98.1 cm³/mol. The minimum absolute atomic E-state index is 0.0855. The second-order valence-electron chi connectivity index (χ2n) is 5.97. The molecule has 0 saturated heterocycles. The third-order valence-corrected chi connectivity index (χ3v) is 4.96. The number of amides is 1. The van der Waals surface area contributed by atoms with Crippen LogP contribution in [0.5, 0.6) is 0 Å². The van der Waals surface area contributed by atoms with Gasteiger partial charge in [0.2, 0.25) is 11.7 Å². The van der Waals surface area contributed by atoms with E-state index in [-0.39, 0.29) is 28.8 Å².